The smallest absolute Gasteiger partial charge is 0.315 e. The molecular formula is C34H44N8O5. The van der Waals surface area contributed by atoms with Crippen molar-refractivity contribution in [2.45, 2.75) is 76.8 Å². The predicted octanol–water partition coefficient (Wildman–Crippen LogP) is 2.58. The number of benzene rings is 2. The molecule has 1 fully saturated rings. The van der Waals surface area contributed by atoms with E-state index >= 15 is 0 Å². The van der Waals surface area contributed by atoms with Crippen LogP contribution >= 0.6 is 0 Å². The van der Waals surface area contributed by atoms with Gasteiger partial charge in [0.2, 0.25) is 0 Å². The van der Waals surface area contributed by atoms with E-state index in [1.807, 2.05) is 24.3 Å². The fourth-order valence-corrected chi connectivity index (χ4v) is 6.77. The molecule has 1 saturated heterocycles. The largest absolute Gasteiger partial charge is 0.394 e. The summed E-state index contributed by atoms with van der Waals surface area (Å²) in [5.74, 6) is 0.851. The number of nitrogens with zero attached hydrogens (tertiary/aromatic N) is 5. The second-order valence-electron chi connectivity index (χ2n) is 12.7. The number of ether oxygens (including phenoxy) is 1. The van der Waals surface area contributed by atoms with Gasteiger partial charge in [-0.05, 0) is 49.9 Å². The molecule has 3 heterocycles. The van der Waals surface area contributed by atoms with E-state index in [2.05, 4.69) is 77.8 Å². The van der Waals surface area contributed by atoms with Crippen LogP contribution in [-0.2, 0) is 11.3 Å². The minimum Gasteiger partial charge on any atom is -0.394 e. The number of aliphatic hydroxyl groups is 3. The van der Waals surface area contributed by atoms with Gasteiger partial charge in [-0.1, -0.05) is 48.5 Å². The lowest BCUT2D eigenvalue weighted by atomic mass is 9.97. The SMILES string of the molecule is CC(C)N(CCNC(=O)NCc1nc(NCC2c3ccccc3-c3ccccc32)c2ncn([C@@H]3O[C@H](CO)[C@@H](O)[C@H]3O)c2n1)C(C)C. The average Bonchev–Trinajstić information content (AvgIpc) is 3.72. The average molecular weight is 645 g/mol. The maximum Gasteiger partial charge on any atom is 0.315 e. The Bertz CT molecular complexity index is 1660. The number of aromatic nitrogens is 4. The van der Waals surface area contributed by atoms with Gasteiger partial charge in [0.25, 0.3) is 0 Å². The van der Waals surface area contributed by atoms with Crippen molar-refractivity contribution in [1.29, 1.82) is 0 Å². The molecule has 6 N–H and O–H groups in total. The van der Waals surface area contributed by atoms with Crippen LogP contribution in [0.5, 0.6) is 0 Å². The summed E-state index contributed by atoms with van der Waals surface area (Å²) >= 11 is 0. The second-order valence-corrected chi connectivity index (χ2v) is 12.7. The Hall–Kier alpha value is -4.14. The first kappa shape index (κ1) is 32.8. The Morgan fingerprint density at radius 1 is 0.957 bits per heavy atom. The molecule has 250 valence electrons. The number of fused-ring (bicyclic) bond motifs is 4. The standard InChI is InChI=1S/C34H44N8O5/c1-19(2)41(20(3)4)14-13-35-34(46)37-16-27-39-31(28-32(40-27)42(18-38-28)33-30(45)29(44)26(17-43)47-33)36-15-25-23-11-7-5-9-21(23)22-10-6-8-12-24(22)25/h5-12,18-20,25-26,29-30,33,43-45H,13-17H2,1-4H3,(H2,35,37,46)(H,36,39,40)/t26-,29-,30-,33-/m1/s1. The van der Waals surface area contributed by atoms with Crippen molar-refractivity contribution < 1.29 is 24.9 Å². The molecule has 1 aliphatic carbocycles. The number of carbonyl (C=O) groups is 1. The van der Waals surface area contributed by atoms with E-state index in [4.69, 9.17) is 14.7 Å². The molecule has 4 atom stereocenters. The van der Waals surface area contributed by atoms with Crippen LogP contribution < -0.4 is 16.0 Å². The van der Waals surface area contributed by atoms with Crippen LogP contribution in [0.4, 0.5) is 10.6 Å². The summed E-state index contributed by atoms with van der Waals surface area (Å²) < 4.78 is 7.32. The highest BCUT2D eigenvalue weighted by Gasteiger charge is 2.44. The van der Waals surface area contributed by atoms with Gasteiger partial charge in [-0.15, -0.1) is 0 Å². The first-order chi connectivity index (χ1) is 22.7. The van der Waals surface area contributed by atoms with Crippen molar-refractivity contribution in [2.75, 3.05) is 31.6 Å². The highest BCUT2D eigenvalue weighted by Crippen LogP contribution is 2.44. The minimum absolute atomic E-state index is 0.0325. The van der Waals surface area contributed by atoms with Gasteiger partial charge in [0.15, 0.2) is 29.0 Å². The van der Waals surface area contributed by atoms with E-state index in [0.717, 1.165) is 6.54 Å². The number of urea groups is 1. The monoisotopic (exact) mass is 644 g/mol. The fraction of sp³-hybridized carbons (Fsp3) is 0.471. The number of carbonyl (C=O) groups excluding carboxylic acids is 1. The van der Waals surface area contributed by atoms with Crippen LogP contribution in [-0.4, -0.2) is 102 Å². The predicted molar refractivity (Wildman–Crippen MR) is 178 cm³/mol. The number of amides is 2. The number of hydrogen-bond donors (Lipinski definition) is 6. The molecule has 13 heteroatoms. The molecule has 4 aromatic rings. The summed E-state index contributed by atoms with van der Waals surface area (Å²) in [6, 6.07) is 17.1. The third-order valence-electron chi connectivity index (χ3n) is 9.08. The van der Waals surface area contributed by atoms with Gasteiger partial charge >= 0.3 is 6.03 Å². The summed E-state index contributed by atoms with van der Waals surface area (Å²) in [4.78, 5) is 29.1. The van der Waals surface area contributed by atoms with E-state index in [0.29, 0.717) is 48.0 Å². The molecule has 0 saturated carbocycles. The van der Waals surface area contributed by atoms with Crippen LogP contribution in [0.1, 0.15) is 56.8 Å². The quantitative estimate of drug-likeness (QED) is 0.135. The van der Waals surface area contributed by atoms with Crippen LogP contribution in [0.3, 0.4) is 0 Å². The molecule has 2 amide bonds. The summed E-state index contributed by atoms with van der Waals surface area (Å²) in [6.07, 6.45) is -3.11. The molecule has 0 bridgehead atoms. The number of imidazole rings is 1. The van der Waals surface area contributed by atoms with Gasteiger partial charge in [0.1, 0.15) is 18.3 Å². The third-order valence-corrected chi connectivity index (χ3v) is 9.08. The zero-order valence-electron chi connectivity index (χ0n) is 27.2. The molecule has 0 radical (unpaired) electrons. The Labute approximate surface area is 274 Å². The molecule has 13 nitrogen and oxygen atoms in total. The second kappa shape index (κ2) is 13.9. The van der Waals surface area contributed by atoms with E-state index in [9.17, 15) is 20.1 Å². The zero-order chi connectivity index (χ0) is 33.2. The summed E-state index contributed by atoms with van der Waals surface area (Å²) in [7, 11) is 0. The van der Waals surface area contributed by atoms with Gasteiger partial charge in [-0.3, -0.25) is 9.47 Å². The molecule has 0 unspecified atom stereocenters. The maximum absolute atomic E-state index is 12.8. The summed E-state index contributed by atoms with van der Waals surface area (Å²) in [5.41, 5.74) is 5.64. The van der Waals surface area contributed by atoms with Gasteiger partial charge in [0, 0.05) is 37.6 Å². The van der Waals surface area contributed by atoms with Crippen LogP contribution in [0.25, 0.3) is 22.3 Å². The van der Waals surface area contributed by atoms with Gasteiger partial charge in [-0.25, -0.2) is 19.7 Å². The van der Waals surface area contributed by atoms with Crippen molar-refractivity contribution in [3.8, 4) is 11.1 Å². The lowest BCUT2D eigenvalue weighted by molar-refractivity contribution is -0.0511. The Balaban J connectivity index is 1.25. The van der Waals surface area contributed by atoms with E-state index < -0.39 is 31.1 Å². The molecular weight excluding hydrogens is 600 g/mol. The lowest BCUT2D eigenvalue weighted by Gasteiger charge is -2.30. The zero-order valence-corrected chi connectivity index (χ0v) is 27.2. The summed E-state index contributed by atoms with van der Waals surface area (Å²) in [6.45, 7) is 9.84. The van der Waals surface area contributed by atoms with Crippen LogP contribution in [0, 0.1) is 0 Å². The molecule has 2 aromatic heterocycles. The highest BCUT2D eigenvalue weighted by molar-refractivity contribution is 5.84. The number of nitrogens with one attached hydrogen (secondary N) is 3. The van der Waals surface area contributed by atoms with Gasteiger partial charge in [-0.2, -0.15) is 0 Å². The van der Waals surface area contributed by atoms with Gasteiger partial charge < -0.3 is 36.0 Å². The lowest BCUT2D eigenvalue weighted by Crippen LogP contribution is -2.44. The Kier molecular flexibility index (Phi) is 9.71. The molecule has 2 aliphatic rings. The summed E-state index contributed by atoms with van der Waals surface area (Å²) in [5, 5.41) is 40.1. The van der Waals surface area contributed by atoms with E-state index in [-0.39, 0.29) is 18.5 Å². The number of rotatable bonds is 12. The number of hydrogen-bond acceptors (Lipinski definition) is 10. The number of aliphatic hydroxyl groups excluding tert-OH is 3. The van der Waals surface area contributed by atoms with E-state index in [1.54, 1.807) is 0 Å². The molecule has 1 aliphatic heterocycles. The van der Waals surface area contributed by atoms with Crippen LogP contribution in [0.15, 0.2) is 54.9 Å². The Morgan fingerprint density at radius 2 is 1.62 bits per heavy atom. The molecule has 0 spiro atoms. The van der Waals surface area contributed by atoms with Crippen molar-refractivity contribution in [2.24, 2.45) is 0 Å². The van der Waals surface area contributed by atoms with Gasteiger partial charge in [0.05, 0.1) is 19.5 Å². The topological polar surface area (TPSA) is 170 Å². The molecule has 6 rings (SSSR count). The Morgan fingerprint density at radius 3 is 2.23 bits per heavy atom. The number of anilines is 1. The van der Waals surface area contributed by atoms with Crippen molar-refractivity contribution in [3.05, 3.63) is 71.8 Å². The molecule has 2 aromatic carbocycles. The fourth-order valence-electron chi connectivity index (χ4n) is 6.77. The third kappa shape index (κ3) is 6.54. The van der Waals surface area contributed by atoms with Crippen LogP contribution in [0.2, 0.25) is 0 Å². The minimum atomic E-state index is -1.31. The van der Waals surface area contributed by atoms with Crippen molar-refractivity contribution >= 4 is 23.0 Å². The van der Waals surface area contributed by atoms with Crippen molar-refractivity contribution in [1.82, 2.24) is 35.1 Å². The van der Waals surface area contributed by atoms with E-state index in [1.165, 1.54) is 33.1 Å². The normalized spacial score (nSPS) is 20.7. The highest BCUT2D eigenvalue weighted by atomic mass is 16.6. The van der Waals surface area contributed by atoms with Crippen molar-refractivity contribution in [3.63, 3.8) is 0 Å². The first-order valence-corrected chi connectivity index (χ1v) is 16.2. The molecule has 47 heavy (non-hydrogen) atoms. The first-order valence-electron chi connectivity index (χ1n) is 16.2. The maximum atomic E-state index is 12.8.